The molecule has 1 saturated carbocycles. The van der Waals surface area contributed by atoms with Crippen LogP contribution in [0.3, 0.4) is 0 Å². The second kappa shape index (κ2) is 4.40. The third kappa shape index (κ3) is 1.84. The number of carbonyl (C=O) groups excluding carboxylic acids is 1. The van der Waals surface area contributed by atoms with Crippen molar-refractivity contribution in [3.63, 3.8) is 0 Å². The first-order valence-corrected chi connectivity index (χ1v) is 7.48. The number of hydrogen-bond acceptors (Lipinski definition) is 2. The van der Waals surface area contributed by atoms with Crippen LogP contribution in [0, 0.1) is 12.8 Å². The number of fused-ring (bicyclic) bond motifs is 1. The molecule has 1 aromatic rings. The fourth-order valence-corrected chi connectivity index (χ4v) is 3.81. The van der Waals surface area contributed by atoms with Gasteiger partial charge in [-0.2, -0.15) is 17.6 Å². The van der Waals surface area contributed by atoms with Gasteiger partial charge >= 0.3 is 11.8 Å². The van der Waals surface area contributed by atoms with Crippen LogP contribution in [0.25, 0.3) is 0 Å². The summed E-state index contributed by atoms with van der Waals surface area (Å²) >= 11 is 5.78. The van der Waals surface area contributed by atoms with Gasteiger partial charge in [0.25, 0.3) is 0 Å². The highest BCUT2D eigenvalue weighted by atomic mass is 35.5. The molecule has 3 rings (SSSR count). The molecule has 1 aliphatic heterocycles. The lowest BCUT2D eigenvalue weighted by atomic mass is 9.67. The number of aromatic nitrogens is 2. The number of carbonyl (C=O) groups is 1. The number of rotatable bonds is 2. The molecule has 1 saturated heterocycles. The summed E-state index contributed by atoms with van der Waals surface area (Å²) in [5.41, 5.74) is -0.456. The Bertz CT molecular complexity index is 675. The maximum absolute atomic E-state index is 13.7. The molecule has 0 radical (unpaired) electrons. The topological polar surface area (TPSA) is 38.1 Å². The summed E-state index contributed by atoms with van der Waals surface area (Å²) in [5.74, 6) is -10.8. The van der Waals surface area contributed by atoms with Gasteiger partial charge in [0.15, 0.2) is 0 Å². The first-order chi connectivity index (χ1) is 10.4. The molecule has 2 aliphatic rings. The quantitative estimate of drug-likeness (QED) is 0.605. The Morgan fingerprint density at radius 3 is 2.48 bits per heavy atom. The van der Waals surface area contributed by atoms with E-state index in [9.17, 15) is 22.4 Å². The largest absolute Gasteiger partial charge is 0.338 e. The standard InChI is InChI=1S/C14H16ClF4N3O/c1-8-4-22(7-20-8)11(2,3)10(23)21-5-9-12(15,6-21)14(18,19)13(9,16)17/h4,7,9H,5-6H2,1-3H3. The highest BCUT2D eigenvalue weighted by Gasteiger charge is 2.88. The Hall–Kier alpha value is -1.31. The van der Waals surface area contributed by atoms with Crippen molar-refractivity contribution in [1.82, 2.24) is 14.5 Å². The molecule has 2 heterocycles. The van der Waals surface area contributed by atoms with Crippen LogP contribution in [0.15, 0.2) is 12.5 Å². The first kappa shape index (κ1) is 16.5. The van der Waals surface area contributed by atoms with Gasteiger partial charge in [-0.15, -0.1) is 11.6 Å². The molecule has 1 aromatic heterocycles. The molecule has 23 heavy (non-hydrogen) atoms. The van der Waals surface area contributed by atoms with Crippen molar-refractivity contribution in [3.8, 4) is 0 Å². The van der Waals surface area contributed by atoms with E-state index in [0.717, 1.165) is 4.90 Å². The number of aryl methyl sites for hydroxylation is 1. The minimum Gasteiger partial charge on any atom is -0.338 e. The number of imidazole rings is 1. The first-order valence-electron chi connectivity index (χ1n) is 7.10. The van der Waals surface area contributed by atoms with Crippen LogP contribution < -0.4 is 0 Å². The van der Waals surface area contributed by atoms with E-state index < -0.39 is 47.2 Å². The van der Waals surface area contributed by atoms with Crippen molar-refractivity contribution in [1.29, 1.82) is 0 Å². The summed E-state index contributed by atoms with van der Waals surface area (Å²) in [6.45, 7) is 3.81. The average molecular weight is 354 g/mol. The summed E-state index contributed by atoms with van der Waals surface area (Å²) in [6, 6.07) is 0. The lowest BCUT2D eigenvalue weighted by Gasteiger charge is -2.52. The molecule has 0 N–H and O–H groups in total. The monoisotopic (exact) mass is 353 g/mol. The van der Waals surface area contributed by atoms with Crippen LogP contribution in [0.2, 0.25) is 0 Å². The molecule has 0 bridgehead atoms. The molecule has 2 fully saturated rings. The highest BCUT2D eigenvalue weighted by Crippen LogP contribution is 2.67. The van der Waals surface area contributed by atoms with Gasteiger partial charge in [-0.05, 0) is 20.8 Å². The lowest BCUT2D eigenvalue weighted by molar-refractivity contribution is -0.326. The van der Waals surface area contributed by atoms with Crippen molar-refractivity contribution in [2.24, 2.45) is 5.92 Å². The molecule has 128 valence electrons. The molecule has 0 aromatic carbocycles. The van der Waals surface area contributed by atoms with Crippen molar-refractivity contribution >= 4 is 17.5 Å². The summed E-state index contributed by atoms with van der Waals surface area (Å²) in [7, 11) is 0. The van der Waals surface area contributed by atoms with Crippen LogP contribution in [0.4, 0.5) is 17.6 Å². The van der Waals surface area contributed by atoms with Crippen molar-refractivity contribution in [3.05, 3.63) is 18.2 Å². The Labute approximate surface area is 135 Å². The SMILES string of the molecule is Cc1cn(C(C)(C)C(=O)N2CC3C(F)(F)C(F)(F)C3(Cl)C2)cn1. The molecule has 1 aliphatic carbocycles. The van der Waals surface area contributed by atoms with Crippen LogP contribution in [-0.4, -0.2) is 50.2 Å². The number of hydrogen-bond donors (Lipinski definition) is 0. The van der Waals surface area contributed by atoms with Gasteiger partial charge in [-0.3, -0.25) is 4.79 Å². The molecule has 2 unspecified atom stereocenters. The number of nitrogens with zero attached hydrogens (tertiary/aromatic N) is 3. The molecular weight excluding hydrogens is 338 g/mol. The molecular formula is C14H16ClF4N3O. The van der Waals surface area contributed by atoms with Gasteiger partial charge in [0.1, 0.15) is 10.4 Å². The lowest BCUT2D eigenvalue weighted by Crippen LogP contribution is -2.75. The van der Waals surface area contributed by atoms with Gasteiger partial charge in [-0.1, -0.05) is 0 Å². The maximum atomic E-state index is 13.7. The van der Waals surface area contributed by atoms with Gasteiger partial charge in [0.05, 0.1) is 17.9 Å². The summed E-state index contributed by atoms with van der Waals surface area (Å²) in [6.07, 6.45) is 3.07. The second-order valence-electron chi connectivity index (χ2n) is 6.78. The Kier molecular flexibility index (Phi) is 3.17. The fourth-order valence-electron chi connectivity index (χ4n) is 3.33. The smallest absolute Gasteiger partial charge is 0.331 e. The second-order valence-corrected chi connectivity index (χ2v) is 7.45. The van der Waals surface area contributed by atoms with Crippen LogP contribution >= 0.6 is 11.6 Å². The number of amides is 1. The van der Waals surface area contributed by atoms with E-state index in [1.165, 1.54) is 10.9 Å². The summed E-state index contributed by atoms with van der Waals surface area (Å²) in [5, 5.41) is 0. The van der Waals surface area contributed by atoms with E-state index >= 15 is 0 Å². The molecule has 9 heteroatoms. The third-order valence-electron chi connectivity index (χ3n) is 4.92. The van der Waals surface area contributed by atoms with Crippen molar-refractivity contribution in [2.75, 3.05) is 13.1 Å². The maximum Gasteiger partial charge on any atom is 0.331 e. The number of halogens is 5. The minimum atomic E-state index is -4.32. The fraction of sp³-hybridized carbons (Fsp3) is 0.714. The highest BCUT2D eigenvalue weighted by molar-refractivity contribution is 6.26. The molecule has 4 nitrogen and oxygen atoms in total. The van der Waals surface area contributed by atoms with Crippen LogP contribution in [0.5, 0.6) is 0 Å². The van der Waals surface area contributed by atoms with Crippen molar-refractivity contribution in [2.45, 2.75) is 43.0 Å². The Balaban J connectivity index is 1.86. The van der Waals surface area contributed by atoms with E-state index in [0.29, 0.717) is 5.69 Å². The van der Waals surface area contributed by atoms with E-state index in [1.807, 2.05) is 0 Å². The zero-order valence-corrected chi connectivity index (χ0v) is 13.5. The number of likely N-dealkylation sites (tertiary alicyclic amines) is 1. The summed E-state index contributed by atoms with van der Waals surface area (Å²) in [4.78, 5) is 15.3. The molecule has 0 spiro atoms. The van der Waals surface area contributed by atoms with E-state index in [1.54, 1.807) is 27.0 Å². The van der Waals surface area contributed by atoms with Crippen LogP contribution in [-0.2, 0) is 10.3 Å². The van der Waals surface area contributed by atoms with E-state index in [4.69, 9.17) is 11.6 Å². The number of alkyl halides is 5. The van der Waals surface area contributed by atoms with Gasteiger partial charge in [0.2, 0.25) is 5.91 Å². The Morgan fingerprint density at radius 1 is 1.39 bits per heavy atom. The molecule has 2 atom stereocenters. The van der Waals surface area contributed by atoms with E-state index in [2.05, 4.69) is 4.98 Å². The zero-order chi connectivity index (χ0) is 17.4. The average Bonchev–Trinajstić information content (AvgIpc) is 3.02. The predicted molar refractivity (Wildman–Crippen MR) is 74.8 cm³/mol. The Morgan fingerprint density at radius 2 is 2.00 bits per heavy atom. The van der Waals surface area contributed by atoms with Crippen LogP contribution in [0.1, 0.15) is 19.5 Å². The zero-order valence-electron chi connectivity index (χ0n) is 12.8. The van der Waals surface area contributed by atoms with Gasteiger partial charge in [0, 0.05) is 19.3 Å². The minimum absolute atomic E-state index is 0.484. The van der Waals surface area contributed by atoms with E-state index in [-0.39, 0.29) is 0 Å². The molecule has 1 amide bonds. The predicted octanol–water partition coefficient (Wildman–Crippen LogP) is 2.65. The summed E-state index contributed by atoms with van der Waals surface area (Å²) < 4.78 is 56.1. The third-order valence-corrected chi connectivity index (χ3v) is 5.54. The van der Waals surface area contributed by atoms with Gasteiger partial charge < -0.3 is 9.47 Å². The van der Waals surface area contributed by atoms with Gasteiger partial charge in [-0.25, -0.2) is 4.98 Å². The normalized spacial score (nSPS) is 31.7. The van der Waals surface area contributed by atoms with Crippen molar-refractivity contribution < 1.29 is 22.4 Å².